The molecule has 0 heterocycles. The molecule has 0 unspecified atom stereocenters. The molecule has 2 rings (SSSR count). The Morgan fingerprint density at radius 1 is 1.12 bits per heavy atom. The predicted molar refractivity (Wildman–Crippen MR) is 162 cm³/mol. The van der Waals surface area contributed by atoms with E-state index in [1.54, 1.807) is 14.2 Å². The van der Waals surface area contributed by atoms with Crippen LogP contribution < -0.4 is 20.5 Å². The van der Waals surface area contributed by atoms with Crippen molar-refractivity contribution in [1.82, 2.24) is 10.2 Å². The van der Waals surface area contributed by atoms with E-state index in [2.05, 4.69) is 44.2 Å². The second-order valence-electron chi connectivity index (χ2n) is 13.0. The Hall–Kier alpha value is -1.87. The third kappa shape index (κ3) is 9.89. The van der Waals surface area contributed by atoms with Gasteiger partial charge in [-0.05, 0) is 88.6 Å². The van der Waals surface area contributed by atoms with Crippen LogP contribution in [0.5, 0.6) is 11.5 Å². The van der Waals surface area contributed by atoms with Gasteiger partial charge >= 0.3 is 0 Å². The Morgan fingerprint density at radius 2 is 1.80 bits per heavy atom. The van der Waals surface area contributed by atoms with Crippen LogP contribution in [0.15, 0.2) is 18.2 Å². The highest BCUT2D eigenvalue weighted by Gasteiger charge is 2.45. The molecule has 8 heteroatoms. The quantitative estimate of drug-likeness (QED) is 0.216. The predicted octanol–water partition coefficient (Wildman–Crippen LogP) is 4.27. The van der Waals surface area contributed by atoms with Crippen LogP contribution in [0, 0.1) is 23.7 Å². The maximum Gasteiger partial charge on any atom is 0.223 e. The number of nitrogens with one attached hydrogen (secondary N) is 1. The summed E-state index contributed by atoms with van der Waals surface area (Å²) in [6.07, 6.45) is 3.98. The molecule has 1 aliphatic rings. The van der Waals surface area contributed by atoms with Gasteiger partial charge in [-0.25, -0.2) is 0 Å². The van der Waals surface area contributed by atoms with Gasteiger partial charge in [0.15, 0.2) is 11.5 Å². The summed E-state index contributed by atoms with van der Waals surface area (Å²) >= 11 is 0. The van der Waals surface area contributed by atoms with Crippen LogP contribution >= 0.6 is 0 Å². The number of likely N-dealkylation sites (N-methyl/N-ethyl adjacent to an activating group) is 1. The number of benzene rings is 1. The number of hydrogen-bond acceptors (Lipinski definition) is 7. The van der Waals surface area contributed by atoms with Crippen LogP contribution in [0.3, 0.4) is 0 Å². The topological polar surface area (TPSA) is 106 Å². The van der Waals surface area contributed by atoms with Crippen LogP contribution in [-0.4, -0.2) is 81.2 Å². The number of carbonyl (C=O) groups excluding carboxylic acids is 1. The monoisotopic (exact) mass is 563 g/mol. The van der Waals surface area contributed by atoms with Crippen molar-refractivity contribution >= 4 is 5.91 Å². The van der Waals surface area contributed by atoms with Gasteiger partial charge in [0.1, 0.15) is 0 Å². The lowest BCUT2D eigenvalue weighted by molar-refractivity contribution is -0.128. The molecule has 0 bridgehead atoms. The summed E-state index contributed by atoms with van der Waals surface area (Å²) in [5.74, 6) is 1.83. The number of aliphatic hydroxyl groups is 1. The van der Waals surface area contributed by atoms with Crippen LogP contribution in [0.1, 0.15) is 72.3 Å². The summed E-state index contributed by atoms with van der Waals surface area (Å²) in [6.45, 7) is 12.2. The van der Waals surface area contributed by atoms with Gasteiger partial charge in [0.2, 0.25) is 5.91 Å². The molecule has 1 aliphatic carbocycles. The van der Waals surface area contributed by atoms with E-state index in [0.717, 1.165) is 37.0 Å². The molecule has 1 amide bonds. The zero-order valence-electron chi connectivity index (χ0n) is 26.6. The number of rotatable bonds is 19. The lowest BCUT2D eigenvalue weighted by Crippen LogP contribution is -2.52. The van der Waals surface area contributed by atoms with E-state index in [4.69, 9.17) is 19.9 Å². The van der Waals surface area contributed by atoms with Crippen LogP contribution in [0.25, 0.3) is 0 Å². The van der Waals surface area contributed by atoms with Gasteiger partial charge in [-0.3, -0.25) is 4.79 Å². The highest BCUT2D eigenvalue weighted by Crippen LogP contribution is 2.39. The largest absolute Gasteiger partial charge is 0.493 e. The number of ether oxygens (including phenoxy) is 3. The molecule has 0 spiro atoms. The van der Waals surface area contributed by atoms with Gasteiger partial charge in [-0.1, -0.05) is 33.8 Å². The van der Waals surface area contributed by atoms with E-state index in [0.29, 0.717) is 44.3 Å². The molecule has 230 valence electrons. The summed E-state index contributed by atoms with van der Waals surface area (Å²) in [5.41, 5.74) is 7.20. The fraction of sp³-hybridized carbons (Fsp3) is 0.781. The normalized spacial score (nSPS) is 18.4. The highest BCUT2D eigenvalue weighted by molar-refractivity contribution is 5.79. The summed E-state index contributed by atoms with van der Waals surface area (Å²) < 4.78 is 16.6. The summed E-state index contributed by atoms with van der Waals surface area (Å²) in [5, 5.41) is 14.5. The van der Waals surface area contributed by atoms with E-state index >= 15 is 0 Å². The third-order valence-electron chi connectivity index (χ3n) is 8.87. The molecule has 1 fully saturated rings. The Bertz CT molecular complexity index is 914. The van der Waals surface area contributed by atoms with Crippen molar-refractivity contribution in [1.29, 1.82) is 0 Å². The molecule has 8 nitrogen and oxygen atoms in total. The number of nitrogens with zero attached hydrogens (tertiary/aromatic N) is 1. The zero-order valence-corrected chi connectivity index (χ0v) is 26.6. The fourth-order valence-corrected chi connectivity index (χ4v) is 5.39. The zero-order chi connectivity index (χ0) is 30.1. The van der Waals surface area contributed by atoms with Crippen molar-refractivity contribution in [2.45, 2.75) is 90.3 Å². The van der Waals surface area contributed by atoms with Crippen LogP contribution in [0.2, 0.25) is 0 Å². The van der Waals surface area contributed by atoms with E-state index in [-0.39, 0.29) is 29.2 Å². The molecule has 0 aromatic heterocycles. The maximum absolute atomic E-state index is 13.2. The number of hydrogen-bond donors (Lipinski definition) is 3. The molecule has 4 atom stereocenters. The standard InChI is InChI=1S/C32H57N3O5/c1-22(2)25(17-24-11-12-27(39-9)28(18-24)40-16-10-15-38-8)20-31(5,33)29(36)19-26(23(3)4)30(37)34-21-32(13-14-32)35(6)7/h11-12,18,22-23,25-26,29,36H,10,13-17,19-21,33H2,1-9H3,(H,34,37)/t25-,26-,29-,31+/m0/s1. The van der Waals surface area contributed by atoms with Gasteiger partial charge < -0.3 is 35.3 Å². The van der Waals surface area contributed by atoms with E-state index in [1.807, 2.05) is 32.9 Å². The first-order chi connectivity index (χ1) is 18.8. The average molecular weight is 564 g/mol. The minimum atomic E-state index is -0.838. The molecule has 1 aromatic carbocycles. The Balaban J connectivity index is 2.06. The van der Waals surface area contributed by atoms with E-state index < -0.39 is 11.6 Å². The minimum absolute atomic E-state index is 0.00893. The number of nitrogens with two attached hydrogens (primary N) is 1. The number of carbonyl (C=O) groups is 1. The molecule has 1 aromatic rings. The van der Waals surface area contributed by atoms with Crippen molar-refractivity contribution in [3.63, 3.8) is 0 Å². The maximum atomic E-state index is 13.2. The minimum Gasteiger partial charge on any atom is -0.493 e. The molecule has 1 saturated carbocycles. The fourth-order valence-electron chi connectivity index (χ4n) is 5.39. The van der Waals surface area contributed by atoms with Crippen molar-refractivity contribution in [3.8, 4) is 11.5 Å². The molecular formula is C32H57N3O5. The highest BCUT2D eigenvalue weighted by atomic mass is 16.5. The first-order valence-electron chi connectivity index (χ1n) is 15.0. The Labute approximate surface area is 243 Å². The van der Waals surface area contributed by atoms with Crippen molar-refractivity contribution < 1.29 is 24.1 Å². The molecule has 4 N–H and O–H groups in total. The molecule has 0 saturated heterocycles. The Kier molecular flexibility index (Phi) is 13.2. The second-order valence-corrected chi connectivity index (χ2v) is 13.0. The Morgan fingerprint density at radius 3 is 2.33 bits per heavy atom. The molecular weight excluding hydrogens is 506 g/mol. The van der Waals surface area contributed by atoms with Gasteiger partial charge in [-0.15, -0.1) is 0 Å². The van der Waals surface area contributed by atoms with E-state index in [1.165, 1.54) is 0 Å². The number of methoxy groups -OCH3 is 2. The summed E-state index contributed by atoms with van der Waals surface area (Å²) in [4.78, 5) is 15.4. The lowest BCUT2D eigenvalue weighted by Gasteiger charge is -2.37. The summed E-state index contributed by atoms with van der Waals surface area (Å²) in [6, 6.07) is 6.06. The van der Waals surface area contributed by atoms with Crippen LogP contribution in [0.4, 0.5) is 0 Å². The van der Waals surface area contributed by atoms with Crippen molar-refractivity contribution in [2.24, 2.45) is 29.4 Å². The smallest absolute Gasteiger partial charge is 0.223 e. The second kappa shape index (κ2) is 15.4. The van der Waals surface area contributed by atoms with Gasteiger partial charge in [-0.2, -0.15) is 0 Å². The molecule has 40 heavy (non-hydrogen) atoms. The SMILES string of the molecule is COCCCOc1cc(C[C@@H](C[C@@](C)(N)[C@@H](O)C[C@H](C(=O)NCC2(N(C)C)CC2)C(C)C)C(C)C)ccc1OC. The first-order valence-corrected chi connectivity index (χ1v) is 15.0. The van der Waals surface area contributed by atoms with Crippen molar-refractivity contribution in [2.75, 3.05) is 48.1 Å². The summed E-state index contributed by atoms with van der Waals surface area (Å²) in [7, 11) is 7.46. The average Bonchev–Trinajstić information content (AvgIpc) is 3.69. The van der Waals surface area contributed by atoms with E-state index in [9.17, 15) is 9.90 Å². The van der Waals surface area contributed by atoms with Crippen LogP contribution in [-0.2, 0) is 16.0 Å². The molecule has 0 aliphatic heterocycles. The number of aliphatic hydroxyl groups excluding tert-OH is 1. The van der Waals surface area contributed by atoms with Crippen molar-refractivity contribution in [3.05, 3.63) is 23.8 Å². The number of amides is 1. The molecule has 0 radical (unpaired) electrons. The lowest BCUT2D eigenvalue weighted by atomic mass is 9.74. The van der Waals surface area contributed by atoms with Gasteiger partial charge in [0.25, 0.3) is 0 Å². The van der Waals surface area contributed by atoms with Gasteiger partial charge in [0.05, 0.1) is 19.8 Å². The first kappa shape index (κ1) is 34.3. The third-order valence-corrected chi connectivity index (χ3v) is 8.87. The van der Waals surface area contributed by atoms with Gasteiger partial charge in [0, 0.05) is 43.7 Å².